The van der Waals surface area contributed by atoms with Gasteiger partial charge in [-0.05, 0) is 24.3 Å². The van der Waals surface area contributed by atoms with Crippen LogP contribution in [0, 0.1) is 0 Å². The maximum absolute atomic E-state index is 12.1. The van der Waals surface area contributed by atoms with E-state index in [0.29, 0.717) is 17.0 Å². The number of aromatic nitrogens is 2. The third-order valence-corrected chi connectivity index (χ3v) is 3.48. The summed E-state index contributed by atoms with van der Waals surface area (Å²) in [6, 6.07) is 8.14. The van der Waals surface area contributed by atoms with E-state index >= 15 is 0 Å². The predicted octanol–water partition coefficient (Wildman–Crippen LogP) is 2.16. The Balaban J connectivity index is 1.70. The summed E-state index contributed by atoms with van der Waals surface area (Å²) in [5.41, 5.74) is 3.68. The molecule has 0 saturated heterocycles. The fourth-order valence-electron chi connectivity index (χ4n) is 2.21. The number of aromatic hydroxyl groups is 1. The smallest absolute Gasteiger partial charge is 0.291 e. The molecule has 26 heavy (non-hydrogen) atoms. The van der Waals surface area contributed by atoms with Crippen molar-refractivity contribution < 1.29 is 23.8 Å². The third-order valence-electron chi connectivity index (χ3n) is 3.48. The first-order valence-corrected chi connectivity index (χ1v) is 7.50. The van der Waals surface area contributed by atoms with Crippen LogP contribution >= 0.6 is 0 Å². The van der Waals surface area contributed by atoms with Crippen LogP contribution in [0.4, 0.5) is 0 Å². The Labute approximate surface area is 148 Å². The van der Waals surface area contributed by atoms with Crippen molar-refractivity contribution in [1.29, 1.82) is 0 Å². The van der Waals surface area contributed by atoms with Crippen LogP contribution in [0.2, 0.25) is 0 Å². The Morgan fingerprint density at radius 2 is 2.04 bits per heavy atom. The van der Waals surface area contributed by atoms with Crippen molar-refractivity contribution in [1.82, 2.24) is 15.6 Å². The molecule has 0 aliphatic heterocycles. The number of benzene rings is 1. The molecule has 0 spiro atoms. The molecular weight excluding hydrogens is 340 g/mol. The number of nitrogens with one attached hydrogen (secondary N) is 2. The summed E-state index contributed by atoms with van der Waals surface area (Å²) in [4.78, 5) is 12.1. The van der Waals surface area contributed by atoms with Gasteiger partial charge in [0.05, 0.1) is 26.7 Å². The topological polar surface area (TPSA) is 122 Å². The number of phenols is 1. The molecule has 0 atom stereocenters. The average Bonchev–Trinajstić information content (AvgIpc) is 3.34. The van der Waals surface area contributed by atoms with Crippen LogP contribution in [0.3, 0.4) is 0 Å². The molecule has 2 heterocycles. The second-order valence-corrected chi connectivity index (χ2v) is 5.12. The molecule has 0 aliphatic rings. The lowest BCUT2D eigenvalue weighted by molar-refractivity contribution is 0.0950. The molecule has 3 aromatic rings. The lowest BCUT2D eigenvalue weighted by atomic mass is 10.2. The van der Waals surface area contributed by atoms with Crippen molar-refractivity contribution in [2.24, 2.45) is 5.10 Å². The molecule has 0 aliphatic carbocycles. The minimum Gasteiger partial charge on any atom is -0.502 e. The number of nitrogens with zero attached hydrogens (tertiary/aromatic N) is 2. The second-order valence-electron chi connectivity index (χ2n) is 5.12. The molecule has 3 rings (SSSR count). The number of carbonyl (C=O) groups is 1. The summed E-state index contributed by atoms with van der Waals surface area (Å²) < 4.78 is 15.4. The van der Waals surface area contributed by atoms with Gasteiger partial charge in [0.2, 0.25) is 5.75 Å². The van der Waals surface area contributed by atoms with Crippen LogP contribution in [0.15, 0.2) is 46.1 Å². The summed E-state index contributed by atoms with van der Waals surface area (Å²) in [6.07, 6.45) is 2.92. The van der Waals surface area contributed by atoms with Gasteiger partial charge in [-0.25, -0.2) is 5.43 Å². The fraction of sp³-hybridized carbons (Fsp3) is 0.118. The molecule has 0 bridgehead atoms. The van der Waals surface area contributed by atoms with E-state index in [2.05, 4.69) is 20.7 Å². The van der Waals surface area contributed by atoms with Crippen molar-refractivity contribution in [2.75, 3.05) is 14.2 Å². The minimum absolute atomic E-state index is 0.113. The first-order valence-electron chi connectivity index (χ1n) is 7.50. The predicted molar refractivity (Wildman–Crippen MR) is 92.6 cm³/mol. The van der Waals surface area contributed by atoms with E-state index in [9.17, 15) is 9.90 Å². The lowest BCUT2D eigenvalue weighted by Gasteiger charge is -2.09. The number of phenolic OH excluding ortho intramolecular Hbond substituents is 1. The van der Waals surface area contributed by atoms with Crippen molar-refractivity contribution >= 4 is 12.1 Å². The maximum Gasteiger partial charge on any atom is 0.291 e. The Bertz CT molecular complexity index is 906. The number of hydrogen-bond donors (Lipinski definition) is 3. The van der Waals surface area contributed by atoms with E-state index in [4.69, 9.17) is 13.9 Å². The van der Waals surface area contributed by atoms with Crippen LogP contribution in [0.25, 0.3) is 11.5 Å². The van der Waals surface area contributed by atoms with Gasteiger partial charge in [-0.2, -0.15) is 10.2 Å². The van der Waals surface area contributed by atoms with Gasteiger partial charge in [-0.1, -0.05) is 0 Å². The zero-order valence-corrected chi connectivity index (χ0v) is 14.0. The Hall–Kier alpha value is -3.75. The molecule has 3 N–H and O–H groups in total. The number of furan rings is 1. The van der Waals surface area contributed by atoms with Crippen molar-refractivity contribution in [3.8, 4) is 28.7 Å². The summed E-state index contributed by atoms with van der Waals surface area (Å²) in [6.45, 7) is 0. The van der Waals surface area contributed by atoms with E-state index in [1.165, 1.54) is 26.7 Å². The number of aromatic amines is 1. The van der Waals surface area contributed by atoms with Gasteiger partial charge in [0.15, 0.2) is 23.0 Å². The Morgan fingerprint density at radius 1 is 1.31 bits per heavy atom. The van der Waals surface area contributed by atoms with Crippen molar-refractivity contribution in [2.45, 2.75) is 0 Å². The zero-order valence-electron chi connectivity index (χ0n) is 14.0. The van der Waals surface area contributed by atoms with E-state index in [1.807, 2.05) is 0 Å². The van der Waals surface area contributed by atoms with Gasteiger partial charge < -0.3 is 19.0 Å². The number of hydrazone groups is 1. The number of rotatable bonds is 6. The van der Waals surface area contributed by atoms with Crippen LogP contribution in [-0.4, -0.2) is 41.6 Å². The van der Waals surface area contributed by atoms with Crippen LogP contribution in [0.1, 0.15) is 16.1 Å². The zero-order chi connectivity index (χ0) is 18.5. The van der Waals surface area contributed by atoms with Gasteiger partial charge >= 0.3 is 0 Å². The van der Waals surface area contributed by atoms with Crippen molar-refractivity contribution in [3.63, 3.8) is 0 Å². The van der Waals surface area contributed by atoms with Crippen LogP contribution in [0.5, 0.6) is 17.2 Å². The molecule has 0 fully saturated rings. The van der Waals surface area contributed by atoms with Gasteiger partial charge in [0.25, 0.3) is 5.91 Å². The van der Waals surface area contributed by atoms with E-state index < -0.39 is 5.91 Å². The third kappa shape index (κ3) is 3.51. The fourth-order valence-corrected chi connectivity index (χ4v) is 2.21. The van der Waals surface area contributed by atoms with E-state index in [-0.39, 0.29) is 22.9 Å². The van der Waals surface area contributed by atoms with Crippen LogP contribution < -0.4 is 14.9 Å². The molecule has 1 amide bonds. The first kappa shape index (κ1) is 17.1. The maximum atomic E-state index is 12.1. The Kier molecular flexibility index (Phi) is 4.88. The number of methoxy groups -OCH3 is 2. The molecule has 0 unspecified atom stereocenters. The molecule has 0 radical (unpaired) electrons. The minimum atomic E-state index is -0.493. The monoisotopic (exact) mass is 356 g/mol. The van der Waals surface area contributed by atoms with Gasteiger partial charge in [-0.3, -0.25) is 9.89 Å². The average molecular weight is 356 g/mol. The highest BCUT2D eigenvalue weighted by molar-refractivity contribution is 5.94. The second kappa shape index (κ2) is 7.43. The lowest BCUT2D eigenvalue weighted by Crippen LogP contribution is -2.18. The summed E-state index contributed by atoms with van der Waals surface area (Å²) in [5.74, 6) is 0.426. The van der Waals surface area contributed by atoms with Crippen molar-refractivity contribution in [3.05, 3.63) is 47.9 Å². The highest BCUT2D eigenvalue weighted by atomic mass is 16.5. The SMILES string of the molecule is COc1cc(/C=N/NC(=O)c2cc(-c3ccco3)[nH]n2)cc(OC)c1O. The van der Waals surface area contributed by atoms with Gasteiger partial charge in [-0.15, -0.1) is 0 Å². The number of amides is 1. The number of ether oxygens (including phenoxy) is 2. The van der Waals surface area contributed by atoms with E-state index in [1.54, 1.807) is 30.3 Å². The number of H-pyrrole nitrogens is 1. The summed E-state index contributed by atoms with van der Waals surface area (Å²) in [7, 11) is 2.84. The van der Waals surface area contributed by atoms with Crippen LogP contribution in [-0.2, 0) is 0 Å². The molecule has 9 heteroatoms. The Morgan fingerprint density at radius 3 is 2.65 bits per heavy atom. The summed E-state index contributed by atoms with van der Waals surface area (Å²) >= 11 is 0. The molecule has 9 nitrogen and oxygen atoms in total. The highest BCUT2D eigenvalue weighted by Gasteiger charge is 2.13. The number of carbonyl (C=O) groups excluding carboxylic acids is 1. The first-order chi connectivity index (χ1) is 12.6. The van der Waals surface area contributed by atoms with E-state index in [0.717, 1.165) is 0 Å². The highest BCUT2D eigenvalue weighted by Crippen LogP contribution is 2.36. The summed E-state index contributed by atoms with van der Waals surface area (Å²) in [5, 5.41) is 20.4. The molecule has 1 aromatic carbocycles. The quantitative estimate of drug-likeness (QED) is 0.459. The molecule has 2 aromatic heterocycles. The standard InChI is InChI=1S/C17H16N4O5/c1-24-14-6-10(7-15(25-2)16(14)22)9-18-21-17(23)12-8-11(19-20-12)13-4-3-5-26-13/h3-9,22H,1-2H3,(H,19,20)(H,21,23)/b18-9+. The number of hydrogen-bond acceptors (Lipinski definition) is 7. The largest absolute Gasteiger partial charge is 0.502 e. The van der Waals surface area contributed by atoms with Gasteiger partial charge in [0, 0.05) is 11.6 Å². The van der Waals surface area contributed by atoms with Gasteiger partial charge in [0.1, 0.15) is 5.69 Å². The molecule has 134 valence electrons. The normalized spacial score (nSPS) is 10.8. The molecular formula is C17H16N4O5. The molecule has 0 saturated carbocycles.